The fraction of sp³-hybridized carbons (Fsp3) is 0.600. The Bertz CT molecular complexity index is 613. The van der Waals surface area contributed by atoms with Gasteiger partial charge in [-0.15, -0.1) is 0 Å². The number of methoxy groups -OCH3 is 2. The second-order valence-electron chi connectivity index (χ2n) is 7.02. The number of ether oxygens (including phenoxy) is 2. The van der Waals surface area contributed by atoms with Gasteiger partial charge in [-0.25, -0.2) is 9.98 Å². The summed E-state index contributed by atoms with van der Waals surface area (Å²) >= 11 is 0. The van der Waals surface area contributed by atoms with E-state index < -0.39 is 11.6 Å². The molecule has 25 heavy (non-hydrogen) atoms. The summed E-state index contributed by atoms with van der Waals surface area (Å²) in [7, 11) is 3.18. The van der Waals surface area contributed by atoms with Gasteiger partial charge in [-0.2, -0.15) is 0 Å². The van der Waals surface area contributed by atoms with Gasteiger partial charge < -0.3 is 14.6 Å². The highest BCUT2D eigenvalue weighted by Gasteiger charge is 2.44. The Hall–Kier alpha value is -1.88. The van der Waals surface area contributed by atoms with Crippen LogP contribution in [-0.2, 0) is 15.9 Å². The molecule has 0 aliphatic carbocycles. The maximum absolute atomic E-state index is 10.8. The number of benzene rings is 1. The molecule has 0 bridgehead atoms. The third kappa shape index (κ3) is 4.40. The van der Waals surface area contributed by atoms with Crippen molar-refractivity contribution >= 4 is 11.8 Å². The molecule has 138 valence electrons. The molecule has 0 amide bonds. The van der Waals surface area contributed by atoms with Crippen molar-refractivity contribution in [3.63, 3.8) is 0 Å². The Labute approximate surface area is 150 Å². The Kier molecular flexibility index (Phi) is 6.59. The highest BCUT2D eigenvalue weighted by Crippen LogP contribution is 2.29. The lowest BCUT2D eigenvalue weighted by molar-refractivity contribution is 0.101. The predicted molar refractivity (Wildman–Crippen MR) is 101 cm³/mol. The maximum Gasteiger partial charge on any atom is 0.215 e. The molecule has 0 spiro atoms. The van der Waals surface area contributed by atoms with Crippen molar-refractivity contribution in [3.05, 3.63) is 35.9 Å². The average molecular weight is 346 g/mol. The Morgan fingerprint density at radius 2 is 1.84 bits per heavy atom. The van der Waals surface area contributed by atoms with Gasteiger partial charge in [-0.1, -0.05) is 44.2 Å². The van der Waals surface area contributed by atoms with Gasteiger partial charge in [-0.3, -0.25) is 0 Å². The monoisotopic (exact) mass is 346 g/mol. The molecule has 2 rings (SSSR count). The van der Waals surface area contributed by atoms with Crippen LogP contribution in [0.25, 0.3) is 0 Å². The second kappa shape index (κ2) is 8.48. The summed E-state index contributed by atoms with van der Waals surface area (Å²) in [4.78, 5) is 9.37. The van der Waals surface area contributed by atoms with E-state index in [1.54, 1.807) is 14.2 Å². The minimum absolute atomic E-state index is 0.176. The van der Waals surface area contributed by atoms with Crippen LogP contribution in [0.15, 0.2) is 40.3 Å². The Balaban J connectivity index is 2.11. The van der Waals surface area contributed by atoms with Gasteiger partial charge in [0.15, 0.2) is 5.54 Å². The lowest BCUT2D eigenvalue weighted by atomic mass is 9.88. The van der Waals surface area contributed by atoms with Gasteiger partial charge in [0.05, 0.1) is 20.3 Å². The molecule has 3 atom stereocenters. The molecule has 5 heteroatoms. The summed E-state index contributed by atoms with van der Waals surface area (Å²) in [5.41, 5.74) is 0.354. The third-order valence-corrected chi connectivity index (χ3v) is 4.75. The van der Waals surface area contributed by atoms with Crippen molar-refractivity contribution < 1.29 is 14.6 Å². The van der Waals surface area contributed by atoms with Gasteiger partial charge in [0, 0.05) is 0 Å². The fourth-order valence-electron chi connectivity index (χ4n) is 3.16. The molecule has 1 aromatic rings. The Morgan fingerprint density at radius 1 is 1.16 bits per heavy atom. The van der Waals surface area contributed by atoms with Gasteiger partial charge in [0.2, 0.25) is 11.8 Å². The van der Waals surface area contributed by atoms with Crippen molar-refractivity contribution in [2.75, 3.05) is 14.2 Å². The van der Waals surface area contributed by atoms with Crippen LogP contribution in [0.3, 0.4) is 0 Å². The summed E-state index contributed by atoms with van der Waals surface area (Å²) in [5.74, 6) is 1.27. The lowest BCUT2D eigenvalue weighted by Gasteiger charge is -2.36. The normalized spacial score (nSPS) is 24.5. The minimum Gasteiger partial charge on any atom is -0.483 e. The quantitative estimate of drug-likeness (QED) is 0.860. The van der Waals surface area contributed by atoms with E-state index in [2.05, 4.69) is 31.0 Å². The van der Waals surface area contributed by atoms with Gasteiger partial charge in [0.25, 0.3) is 0 Å². The largest absolute Gasteiger partial charge is 0.483 e. The Morgan fingerprint density at radius 3 is 2.40 bits per heavy atom. The highest BCUT2D eigenvalue weighted by atomic mass is 16.5. The average Bonchev–Trinajstić information content (AvgIpc) is 2.61. The van der Waals surface area contributed by atoms with E-state index >= 15 is 0 Å². The number of rotatable bonds is 6. The summed E-state index contributed by atoms with van der Waals surface area (Å²) in [6, 6.07) is 10.1. The summed E-state index contributed by atoms with van der Waals surface area (Å²) in [6.07, 6.45) is 1.71. The molecule has 0 fully saturated rings. The van der Waals surface area contributed by atoms with Crippen LogP contribution in [0.4, 0.5) is 0 Å². The van der Waals surface area contributed by atoms with E-state index in [0.29, 0.717) is 18.2 Å². The molecule has 0 radical (unpaired) electrons. The first-order valence-corrected chi connectivity index (χ1v) is 8.90. The molecule has 5 nitrogen and oxygen atoms in total. The molecule has 0 saturated carbocycles. The molecule has 1 heterocycles. The van der Waals surface area contributed by atoms with E-state index in [-0.39, 0.29) is 12.0 Å². The van der Waals surface area contributed by atoms with Crippen molar-refractivity contribution in [3.8, 4) is 0 Å². The van der Waals surface area contributed by atoms with Crippen LogP contribution in [-0.4, -0.2) is 48.8 Å². The first-order valence-electron chi connectivity index (χ1n) is 8.90. The van der Waals surface area contributed by atoms with Crippen LogP contribution in [0.5, 0.6) is 0 Å². The first-order chi connectivity index (χ1) is 11.9. The number of hydrogen-bond donors (Lipinski definition) is 1. The van der Waals surface area contributed by atoms with Crippen LogP contribution in [0.1, 0.15) is 39.2 Å². The zero-order chi connectivity index (χ0) is 18.4. The van der Waals surface area contributed by atoms with E-state index in [0.717, 1.165) is 12.8 Å². The second-order valence-corrected chi connectivity index (χ2v) is 7.02. The van der Waals surface area contributed by atoms with Gasteiger partial charge in [0.1, 0.15) is 6.04 Å². The molecular formula is C20H30N2O3. The van der Waals surface area contributed by atoms with Crippen molar-refractivity contribution in [1.82, 2.24) is 0 Å². The molecule has 0 saturated heterocycles. The molecule has 0 aromatic heterocycles. The topological polar surface area (TPSA) is 63.4 Å². The number of aliphatic hydroxyl groups excluding tert-OH is 1. The molecule has 1 aliphatic heterocycles. The molecule has 1 aliphatic rings. The predicted octanol–water partition coefficient (Wildman–Crippen LogP) is 3.26. The molecule has 1 N–H and O–H groups in total. The minimum atomic E-state index is -0.915. The third-order valence-electron chi connectivity index (χ3n) is 4.75. The van der Waals surface area contributed by atoms with Gasteiger partial charge in [-0.05, 0) is 37.7 Å². The van der Waals surface area contributed by atoms with Crippen LogP contribution < -0.4 is 0 Å². The maximum atomic E-state index is 10.8. The van der Waals surface area contributed by atoms with Crippen LogP contribution in [0, 0.1) is 5.92 Å². The van der Waals surface area contributed by atoms with E-state index in [4.69, 9.17) is 14.5 Å². The number of aliphatic hydroxyl groups is 1. The summed E-state index contributed by atoms with van der Waals surface area (Å²) in [5, 5.41) is 10.8. The first kappa shape index (κ1) is 19.4. The number of aryl methyl sites for hydroxylation is 1. The van der Waals surface area contributed by atoms with Crippen LogP contribution >= 0.6 is 0 Å². The van der Waals surface area contributed by atoms with E-state index in [1.807, 2.05) is 25.1 Å². The molecular weight excluding hydrogens is 316 g/mol. The molecule has 1 aromatic carbocycles. The smallest absolute Gasteiger partial charge is 0.215 e. The van der Waals surface area contributed by atoms with Crippen molar-refractivity contribution in [2.24, 2.45) is 15.9 Å². The SMILES string of the molecule is COC1=N[C@@](C)([C@H](O)CCCc2ccccc2)C(OC)=NC1C(C)C. The number of nitrogens with zero attached hydrogens (tertiary/aromatic N) is 2. The zero-order valence-corrected chi connectivity index (χ0v) is 15.9. The fourth-order valence-corrected chi connectivity index (χ4v) is 3.16. The van der Waals surface area contributed by atoms with Gasteiger partial charge >= 0.3 is 0 Å². The van der Waals surface area contributed by atoms with Crippen molar-refractivity contribution in [1.29, 1.82) is 0 Å². The zero-order valence-electron chi connectivity index (χ0n) is 15.9. The van der Waals surface area contributed by atoms with Crippen molar-refractivity contribution in [2.45, 2.75) is 57.7 Å². The van der Waals surface area contributed by atoms with E-state index in [9.17, 15) is 5.11 Å². The summed E-state index contributed by atoms with van der Waals surface area (Å²) < 4.78 is 10.9. The highest BCUT2D eigenvalue weighted by molar-refractivity contribution is 5.97. The van der Waals surface area contributed by atoms with E-state index in [1.165, 1.54) is 5.56 Å². The van der Waals surface area contributed by atoms with Crippen LogP contribution in [0.2, 0.25) is 0 Å². The number of aliphatic imine (C=N–C) groups is 2. The summed E-state index contributed by atoms with van der Waals surface area (Å²) in [6.45, 7) is 5.99. The number of hydrogen-bond acceptors (Lipinski definition) is 5. The standard InChI is InChI=1S/C20H30N2O3/c1-14(2)17-18(24-4)22-20(3,19(21-17)25-5)16(23)13-9-12-15-10-7-6-8-11-15/h6-8,10-11,14,16-17,23H,9,12-13H2,1-5H3/t16-,17?,20+/m1/s1. The molecule has 1 unspecified atom stereocenters. The lowest BCUT2D eigenvalue weighted by Crippen LogP contribution is -2.51.